The second-order valence-corrected chi connectivity index (χ2v) is 6.55. The van der Waals surface area contributed by atoms with Crippen LogP contribution in [-0.2, 0) is 13.0 Å². The molecule has 128 valence electrons. The van der Waals surface area contributed by atoms with E-state index < -0.39 is 0 Å². The fraction of sp³-hybridized carbons (Fsp3) is 0.444. The number of carbonyl (C=O) groups excluding carboxylic acids is 1. The molecule has 0 N–H and O–H groups in total. The van der Waals surface area contributed by atoms with Gasteiger partial charge >= 0.3 is 0 Å². The van der Waals surface area contributed by atoms with Gasteiger partial charge in [0.2, 0.25) is 0 Å². The molecule has 5 nitrogen and oxygen atoms in total. The molecule has 1 amide bonds. The largest absolute Gasteiger partial charge is 0.360 e. The van der Waals surface area contributed by atoms with Crippen LogP contribution >= 0.6 is 11.6 Å². The van der Waals surface area contributed by atoms with Gasteiger partial charge in [0.05, 0.1) is 5.69 Å². The van der Waals surface area contributed by atoms with Gasteiger partial charge in [-0.25, -0.2) is 0 Å². The van der Waals surface area contributed by atoms with Crippen molar-refractivity contribution in [2.24, 2.45) is 0 Å². The molecule has 0 bridgehead atoms. The highest BCUT2D eigenvalue weighted by Crippen LogP contribution is 2.19. The van der Waals surface area contributed by atoms with Crippen molar-refractivity contribution in [1.29, 1.82) is 0 Å². The van der Waals surface area contributed by atoms with Crippen molar-refractivity contribution >= 4 is 17.5 Å². The fourth-order valence-corrected chi connectivity index (χ4v) is 3.17. The van der Waals surface area contributed by atoms with Crippen molar-refractivity contribution in [3.05, 3.63) is 51.9 Å². The number of hydrogen-bond donors (Lipinski definition) is 0. The number of nitrogens with zero attached hydrogens (tertiary/aromatic N) is 3. The molecule has 0 saturated carbocycles. The SMILES string of the molecule is CCc1onc(C)c1C(=O)N1CCN(Cc2ccc(Cl)cc2)CC1. The third-order valence-corrected chi connectivity index (χ3v) is 4.70. The number of carbonyl (C=O) groups is 1. The summed E-state index contributed by atoms with van der Waals surface area (Å²) in [4.78, 5) is 17.0. The van der Waals surface area contributed by atoms with Gasteiger partial charge in [-0.1, -0.05) is 35.8 Å². The highest BCUT2D eigenvalue weighted by molar-refractivity contribution is 6.30. The van der Waals surface area contributed by atoms with E-state index in [2.05, 4.69) is 10.1 Å². The molecule has 2 aromatic rings. The Balaban J connectivity index is 1.59. The normalized spacial score (nSPS) is 15.7. The van der Waals surface area contributed by atoms with E-state index in [0.717, 1.165) is 37.7 Å². The summed E-state index contributed by atoms with van der Waals surface area (Å²) in [7, 11) is 0. The predicted molar refractivity (Wildman–Crippen MR) is 93.3 cm³/mol. The van der Waals surface area contributed by atoms with Crippen molar-refractivity contribution in [3.8, 4) is 0 Å². The lowest BCUT2D eigenvalue weighted by molar-refractivity contribution is 0.0625. The van der Waals surface area contributed by atoms with Gasteiger partial charge < -0.3 is 9.42 Å². The lowest BCUT2D eigenvalue weighted by atomic mass is 10.1. The van der Waals surface area contributed by atoms with Crippen molar-refractivity contribution in [3.63, 3.8) is 0 Å². The minimum atomic E-state index is 0.0387. The first kappa shape index (κ1) is 17.0. The first-order valence-corrected chi connectivity index (χ1v) is 8.67. The summed E-state index contributed by atoms with van der Waals surface area (Å²) in [5.41, 5.74) is 2.56. The number of halogens is 1. The Hall–Kier alpha value is -1.85. The Kier molecular flexibility index (Phi) is 5.21. The highest BCUT2D eigenvalue weighted by atomic mass is 35.5. The van der Waals surface area contributed by atoms with Crippen LogP contribution in [0.1, 0.15) is 34.3 Å². The van der Waals surface area contributed by atoms with Crippen molar-refractivity contribution < 1.29 is 9.32 Å². The van der Waals surface area contributed by atoms with Gasteiger partial charge in [-0.3, -0.25) is 9.69 Å². The number of aromatic nitrogens is 1. The number of hydrogen-bond acceptors (Lipinski definition) is 4. The number of aryl methyl sites for hydroxylation is 2. The van der Waals surface area contributed by atoms with E-state index in [9.17, 15) is 4.79 Å². The molecule has 0 aliphatic carbocycles. The summed E-state index contributed by atoms with van der Waals surface area (Å²) in [5.74, 6) is 0.720. The number of amides is 1. The van der Waals surface area contributed by atoms with Crippen molar-refractivity contribution in [2.75, 3.05) is 26.2 Å². The maximum atomic E-state index is 12.8. The first-order chi connectivity index (χ1) is 11.6. The average molecular weight is 348 g/mol. The van der Waals surface area contributed by atoms with Crippen LogP contribution in [0.2, 0.25) is 5.02 Å². The molecule has 1 aromatic heterocycles. The summed E-state index contributed by atoms with van der Waals surface area (Å²) in [6.45, 7) is 7.85. The van der Waals surface area contributed by atoms with Gasteiger partial charge in [0.1, 0.15) is 11.3 Å². The lowest BCUT2D eigenvalue weighted by Crippen LogP contribution is -2.48. The molecule has 1 aromatic carbocycles. The van der Waals surface area contributed by atoms with E-state index in [0.29, 0.717) is 23.4 Å². The average Bonchev–Trinajstić information content (AvgIpc) is 2.98. The molecule has 0 spiro atoms. The van der Waals surface area contributed by atoms with E-state index in [1.54, 1.807) is 0 Å². The zero-order valence-corrected chi connectivity index (χ0v) is 14.8. The van der Waals surface area contributed by atoms with Crippen LogP contribution in [0.15, 0.2) is 28.8 Å². The molecule has 2 heterocycles. The second kappa shape index (κ2) is 7.36. The Labute approximate surface area is 147 Å². The van der Waals surface area contributed by atoms with Crippen LogP contribution in [0.25, 0.3) is 0 Å². The van der Waals surface area contributed by atoms with Crippen LogP contribution in [0.4, 0.5) is 0 Å². The Morgan fingerprint density at radius 3 is 2.50 bits per heavy atom. The molecule has 1 aliphatic rings. The molecule has 1 aliphatic heterocycles. The maximum Gasteiger partial charge on any atom is 0.259 e. The van der Waals surface area contributed by atoms with Crippen molar-refractivity contribution in [2.45, 2.75) is 26.8 Å². The van der Waals surface area contributed by atoms with E-state index in [-0.39, 0.29) is 5.91 Å². The fourth-order valence-electron chi connectivity index (χ4n) is 3.05. The van der Waals surface area contributed by atoms with Crippen LogP contribution < -0.4 is 0 Å². The third-order valence-electron chi connectivity index (χ3n) is 4.45. The van der Waals surface area contributed by atoms with E-state index >= 15 is 0 Å². The summed E-state index contributed by atoms with van der Waals surface area (Å²) in [5, 5.41) is 4.69. The molecule has 1 saturated heterocycles. The minimum absolute atomic E-state index is 0.0387. The van der Waals surface area contributed by atoms with Crippen LogP contribution in [0.3, 0.4) is 0 Å². The van der Waals surface area contributed by atoms with Gasteiger partial charge in [-0.2, -0.15) is 0 Å². The molecule has 3 rings (SSSR count). The molecule has 24 heavy (non-hydrogen) atoms. The zero-order valence-electron chi connectivity index (χ0n) is 14.1. The zero-order chi connectivity index (χ0) is 17.1. The summed E-state index contributed by atoms with van der Waals surface area (Å²) in [6.07, 6.45) is 0.679. The summed E-state index contributed by atoms with van der Waals surface area (Å²) < 4.78 is 5.25. The quantitative estimate of drug-likeness (QED) is 0.852. The standard InChI is InChI=1S/C18H22ClN3O2/c1-3-16-17(13(2)20-24-16)18(23)22-10-8-21(9-11-22)12-14-4-6-15(19)7-5-14/h4-7H,3,8-12H2,1-2H3. The van der Waals surface area contributed by atoms with Gasteiger partial charge in [0.15, 0.2) is 0 Å². The van der Waals surface area contributed by atoms with Crippen LogP contribution in [-0.4, -0.2) is 47.0 Å². The van der Waals surface area contributed by atoms with E-state index in [1.165, 1.54) is 5.56 Å². The van der Waals surface area contributed by atoms with Crippen LogP contribution in [0, 0.1) is 6.92 Å². The second-order valence-electron chi connectivity index (χ2n) is 6.11. The van der Waals surface area contributed by atoms with E-state index in [4.69, 9.17) is 16.1 Å². The smallest absolute Gasteiger partial charge is 0.259 e. The molecular weight excluding hydrogens is 326 g/mol. The van der Waals surface area contributed by atoms with Gasteiger partial charge in [0, 0.05) is 44.2 Å². The maximum absolute atomic E-state index is 12.8. The molecule has 0 unspecified atom stereocenters. The number of benzene rings is 1. The monoisotopic (exact) mass is 347 g/mol. The first-order valence-electron chi connectivity index (χ1n) is 8.29. The van der Waals surface area contributed by atoms with Gasteiger partial charge in [-0.15, -0.1) is 0 Å². The van der Waals surface area contributed by atoms with Gasteiger partial charge in [0.25, 0.3) is 5.91 Å². The highest BCUT2D eigenvalue weighted by Gasteiger charge is 2.27. The van der Waals surface area contributed by atoms with E-state index in [1.807, 2.05) is 43.0 Å². The molecule has 0 radical (unpaired) electrons. The lowest BCUT2D eigenvalue weighted by Gasteiger charge is -2.34. The number of piperazine rings is 1. The Morgan fingerprint density at radius 1 is 1.21 bits per heavy atom. The molecule has 1 fully saturated rings. The summed E-state index contributed by atoms with van der Waals surface area (Å²) >= 11 is 5.92. The van der Waals surface area contributed by atoms with Crippen LogP contribution in [0.5, 0.6) is 0 Å². The van der Waals surface area contributed by atoms with Gasteiger partial charge in [-0.05, 0) is 24.6 Å². The Bertz CT molecular complexity index is 704. The third kappa shape index (κ3) is 3.62. The molecular formula is C18H22ClN3O2. The van der Waals surface area contributed by atoms with Crippen molar-refractivity contribution in [1.82, 2.24) is 15.0 Å². The topological polar surface area (TPSA) is 49.6 Å². The molecule has 6 heteroatoms. The number of rotatable bonds is 4. The predicted octanol–water partition coefficient (Wildman–Crippen LogP) is 3.16. The minimum Gasteiger partial charge on any atom is -0.360 e. The Morgan fingerprint density at radius 2 is 1.88 bits per heavy atom. The molecule has 0 atom stereocenters. The summed E-state index contributed by atoms with van der Waals surface area (Å²) in [6, 6.07) is 7.93.